The summed E-state index contributed by atoms with van der Waals surface area (Å²) in [4.78, 5) is 14.5. The lowest BCUT2D eigenvalue weighted by Gasteiger charge is -2.32. The Kier molecular flexibility index (Phi) is 8.24. The van der Waals surface area contributed by atoms with Crippen LogP contribution in [-0.4, -0.2) is 57.0 Å². The van der Waals surface area contributed by atoms with Crippen molar-refractivity contribution in [1.82, 2.24) is 9.62 Å². The first-order valence-corrected chi connectivity index (χ1v) is 13.9. The van der Waals surface area contributed by atoms with Crippen LogP contribution in [0.4, 0.5) is 4.79 Å². The zero-order chi connectivity index (χ0) is 24.0. The van der Waals surface area contributed by atoms with E-state index in [0.717, 1.165) is 37.5 Å². The molecule has 2 aromatic rings. The normalized spacial score (nSPS) is 25.3. The van der Waals surface area contributed by atoms with Gasteiger partial charge in [-0.1, -0.05) is 60.7 Å². The van der Waals surface area contributed by atoms with Crippen LogP contribution >= 0.6 is 0 Å². The fourth-order valence-corrected chi connectivity index (χ4v) is 5.85. The summed E-state index contributed by atoms with van der Waals surface area (Å²) >= 11 is 0. The highest BCUT2D eigenvalue weighted by Crippen LogP contribution is 2.34. The van der Waals surface area contributed by atoms with Gasteiger partial charge < -0.3 is 14.4 Å². The average molecular weight is 487 g/mol. The van der Waals surface area contributed by atoms with E-state index in [9.17, 15) is 13.2 Å². The number of hydrogen-bond acceptors (Lipinski definition) is 5. The topological polar surface area (TPSA) is 84.9 Å². The van der Waals surface area contributed by atoms with E-state index in [1.165, 1.54) is 5.56 Å². The minimum absolute atomic E-state index is 0.113. The van der Waals surface area contributed by atoms with Crippen LogP contribution in [0, 0.1) is 0 Å². The number of nitrogens with one attached hydrogen (secondary N) is 1. The number of amides is 1. The molecule has 34 heavy (non-hydrogen) atoms. The molecule has 1 N–H and O–H groups in total. The zero-order valence-corrected chi connectivity index (χ0v) is 20.5. The molecular formula is C26H34N2O5S. The molecule has 8 heteroatoms. The smallest absolute Gasteiger partial charge is 0.410 e. The van der Waals surface area contributed by atoms with E-state index in [1.54, 1.807) is 4.90 Å². The number of carbonyl (C=O) groups excluding carboxylic acids is 1. The summed E-state index contributed by atoms with van der Waals surface area (Å²) in [6.45, 7) is 0.890. The highest BCUT2D eigenvalue weighted by molar-refractivity contribution is 7.88. The van der Waals surface area contributed by atoms with Gasteiger partial charge in [0.15, 0.2) is 0 Å². The maximum Gasteiger partial charge on any atom is 0.410 e. The van der Waals surface area contributed by atoms with Crippen LogP contribution in [0.25, 0.3) is 0 Å². The average Bonchev–Trinajstić information content (AvgIpc) is 3.23. The van der Waals surface area contributed by atoms with E-state index in [4.69, 9.17) is 9.47 Å². The molecule has 184 valence electrons. The number of hydrogen-bond donors (Lipinski definition) is 1. The van der Waals surface area contributed by atoms with Crippen LogP contribution in [0.15, 0.2) is 60.7 Å². The maximum atomic E-state index is 12.9. The van der Waals surface area contributed by atoms with Crippen molar-refractivity contribution in [1.29, 1.82) is 0 Å². The van der Waals surface area contributed by atoms with Gasteiger partial charge in [-0.05, 0) is 49.1 Å². The third kappa shape index (κ3) is 6.81. The highest BCUT2D eigenvalue weighted by Gasteiger charge is 2.40. The lowest BCUT2D eigenvalue weighted by molar-refractivity contribution is -0.00748. The van der Waals surface area contributed by atoms with Crippen molar-refractivity contribution in [3.8, 4) is 0 Å². The summed E-state index contributed by atoms with van der Waals surface area (Å²) in [5.74, 6) is 0.552. The lowest BCUT2D eigenvalue weighted by Crippen LogP contribution is -2.49. The summed E-state index contributed by atoms with van der Waals surface area (Å²) in [5.41, 5.74) is 2.28. The van der Waals surface area contributed by atoms with E-state index >= 15 is 0 Å². The van der Waals surface area contributed by atoms with Crippen molar-refractivity contribution in [2.75, 3.05) is 19.4 Å². The second-order valence-corrected chi connectivity index (χ2v) is 11.1. The monoisotopic (exact) mass is 486 g/mol. The molecule has 2 atom stereocenters. The summed E-state index contributed by atoms with van der Waals surface area (Å²) in [6, 6.07) is 19.3. The fraction of sp³-hybridized carbons (Fsp3) is 0.500. The molecule has 1 aliphatic carbocycles. The van der Waals surface area contributed by atoms with Crippen molar-refractivity contribution in [2.45, 2.75) is 62.8 Å². The van der Waals surface area contributed by atoms with Gasteiger partial charge in [0.05, 0.1) is 25.0 Å². The van der Waals surface area contributed by atoms with Crippen LogP contribution in [-0.2, 0) is 26.1 Å². The molecule has 0 unspecified atom stereocenters. The zero-order valence-electron chi connectivity index (χ0n) is 19.6. The van der Waals surface area contributed by atoms with E-state index in [2.05, 4.69) is 29.0 Å². The molecule has 7 nitrogen and oxygen atoms in total. The Bertz CT molecular complexity index is 1020. The Morgan fingerprint density at radius 3 is 2.26 bits per heavy atom. The van der Waals surface area contributed by atoms with Gasteiger partial charge in [-0.3, -0.25) is 0 Å². The number of carbonyl (C=O) groups is 1. The Balaban J connectivity index is 1.34. The number of nitrogens with zero attached hydrogens (tertiary/aromatic N) is 1. The van der Waals surface area contributed by atoms with Gasteiger partial charge in [-0.2, -0.15) is 0 Å². The molecular weight excluding hydrogens is 452 g/mol. The van der Waals surface area contributed by atoms with Gasteiger partial charge >= 0.3 is 6.09 Å². The Morgan fingerprint density at radius 2 is 1.62 bits per heavy atom. The van der Waals surface area contributed by atoms with Crippen molar-refractivity contribution in [3.05, 3.63) is 71.8 Å². The fourth-order valence-electron chi connectivity index (χ4n) is 5.02. The first-order chi connectivity index (χ1) is 16.4. The van der Waals surface area contributed by atoms with Crippen LogP contribution < -0.4 is 4.72 Å². The van der Waals surface area contributed by atoms with Gasteiger partial charge in [-0.15, -0.1) is 0 Å². The third-order valence-electron chi connectivity index (χ3n) is 6.80. The highest BCUT2D eigenvalue weighted by atomic mass is 32.2. The van der Waals surface area contributed by atoms with Crippen molar-refractivity contribution >= 4 is 16.1 Å². The predicted molar refractivity (Wildman–Crippen MR) is 131 cm³/mol. The summed E-state index contributed by atoms with van der Waals surface area (Å²) in [7, 11) is -3.41. The van der Waals surface area contributed by atoms with Crippen LogP contribution in [0.1, 0.15) is 49.1 Å². The number of sulfonamides is 1. The van der Waals surface area contributed by atoms with Gasteiger partial charge in [0, 0.05) is 12.6 Å². The molecule has 0 aromatic heterocycles. The molecule has 2 fully saturated rings. The van der Waals surface area contributed by atoms with Crippen molar-refractivity contribution in [3.63, 3.8) is 0 Å². The summed E-state index contributed by atoms with van der Waals surface area (Å²) in [6.07, 6.45) is 5.38. The first kappa shape index (κ1) is 24.7. The lowest BCUT2D eigenvalue weighted by atomic mass is 9.83. The molecule has 1 saturated heterocycles. The number of rotatable bonds is 8. The molecule has 1 amide bonds. The molecule has 2 aliphatic rings. The second-order valence-electron chi connectivity index (χ2n) is 9.30. The minimum atomic E-state index is -3.41. The first-order valence-electron chi connectivity index (χ1n) is 12.0. The molecule has 2 aromatic carbocycles. The van der Waals surface area contributed by atoms with Gasteiger partial charge in [0.2, 0.25) is 10.0 Å². The minimum Gasteiger partial charge on any atom is -0.445 e. The van der Waals surface area contributed by atoms with Gasteiger partial charge in [0.25, 0.3) is 0 Å². The maximum absolute atomic E-state index is 12.9. The summed E-state index contributed by atoms with van der Waals surface area (Å²) in [5, 5.41) is 0. The molecule has 1 aliphatic heterocycles. The molecule has 0 spiro atoms. The Labute approximate surface area is 202 Å². The SMILES string of the molecule is CS(=O)(=O)N[C@H]1CCN(C(=O)OCc2ccccc2)[C@H]1CO[C@H]1CC[C@@H](c2ccccc2)CC1. The number of benzene rings is 2. The van der Waals surface area contributed by atoms with Crippen LogP contribution in [0.3, 0.4) is 0 Å². The van der Waals surface area contributed by atoms with Crippen LogP contribution in [0.5, 0.6) is 0 Å². The largest absolute Gasteiger partial charge is 0.445 e. The standard InChI is InChI=1S/C26H34N2O5S/c1-34(30,31)27-24-16-17-28(26(29)33-18-20-8-4-2-5-9-20)25(24)19-32-23-14-12-22(13-15-23)21-10-6-3-7-11-21/h2-11,22-25,27H,12-19H2,1H3/t22-,23+,24-,25-/m0/s1. The molecule has 1 saturated carbocycles. The molecule has 4 rings (SSSR count). The van der Waals surface area contributed by atoms with E-state index in [1.807, 2.05) is 36.4 Å². The van der Waals surface area contributed by atoms with Crippen LogP contribution in [0.2, 0.25) is 0 Å². The van der Waals surface area contributed by atoms with Gasteiger partial charge in [0.1, 0.15) is 6.61 Å². The Morgan fingerprint density at radius 1 is 0.971 bits per heavy atom. The second kappa shape index (κ2) is 11.3. The van der Waals surface area contributed by atoms with E-state index in [0.29, 0.717) is 18.9 Å². The predicted octanol–water partition coefficient (Wildman–Crippen LogP) is 4.06. The van der Waals surface area contributed by atoms with Crippen molar-refractivity contribution < 1.29 is 22.7 Å². The third-order valence-corrected chi connectivity index (χ3v) is 7.53. The van der Waals surface area contributed by atoms with E-state index < -0.39 is 22.2 Å². The quantitative estimate of drug-likeness (QED) is 0.608. The Hall–Kier alpha value is -2.42. The molecule has 0 bridgehead atoms. The van der Waals surface area contributed by atoms with Gasteiger partial charge in [-0.25, -0.2) is 17.9 Å². The molecule has 1 heterocycles. The number of ether oxygens (including phenoxy) is 2. The van der Waals surface area contributed by atoms with Crippen molar-refractivity contribution in [2.24, 2.45) is 0 Å². The van der Waals surface area contributed by atoms with E-state index in [-0.39, 0.29) is 25.4 Å². The molecule has 0 radical (unpaired) electrons. The number of likely N-dealkylation sites (tertiary alicyclic amines) is 1. The summed E-state index contributed by atoms with van der Waals surface area (Å²) < 4.78 is 38.3.